The molecule has 6 nitrogen and oxygen atoms in total. The van der Waals surface area contributed by atoms with Gasteiger partial charge >= 0.3 is 0 Å². The number of nitrogens with zero attached hydrogens (tertiary/aromatic N) is 5. The molecule has 0 atom stereocenters. The SMILES string of the molecule is Cn1ncc2c(N3CCOCC3)nc(C#C[Si](C)(C)C)nc21. The van der Waals surface area contributed by atoms with E-state index in [0.717, 1.165) is 43.2 Å². The average molecular weight is 315 g/mol. The van der Waals surface area contributed by atoms with Crippen molar-refractivity contribution < 1.29 is 4.74 Å². The van der Waals surface area contributed by atoms with Crippen LogP contribution in [0.25, 0.3) is 11.0 Å². The molecule has 1 fully saturated rings. The van der Waals surface area contributed by atoms with Gasteiger partial charge in [-0.2, -0.15) is 5.10 Å². The second kappa shape index (κ2) is 5.70. The molecule has 0 radical (unpaired) electrons. The van der Waals surface area contributed by atoms with Crippen LogP contribution in [0, 0.1) is 11.5 Å². The highest BCUT2D eigenvalue weighted by Gasteiger charge is 2.19. The maximum Gasteiger partial charge on any atom is 0.208 e. The summed E-state index contributed by atoms with van der Waals surface area (Å²) in [6, 6.07) is 0. The summed E-state index contributed by atoms with van der Waals surface area (Å²) in [5.41, 5.74) is 4.17. The smallest absolute Gasteiger partial charge is 0.208 e. The van der Waals surface area contributed by atoms with Crippen molar-refractivity contribution in [3.63, 3.8) is 0 Å². The van der Waals surface area contributed by atoms with Gasteiger partial charge in [0.2, 0.25) is 5.82 Å². The number of hydrogen-bond acceptors (Lipinski definition) is 5. The van der Waals surface area contributed by atoms with Gasteiger partial charge in [-0.05, 0) is 5.92 Å². The average Bonchev–Trinajstić information content (AvgIpc) is 2.86. The van der Waals surface area contributed by atoms with Gasteiger partial charge in [0.15, 0.2) is 5.65 Å². The van der Waals surface area contributed by atoms with Crippen molar-refractivity contribution in [2.45, 2.75) is 19.6 Å². The molecule has 3 rings (SSSR count). The Morgan fingerprint density at radius 2 is 1.91 bits per heavy atom. The molecule has 2 aromatic heterocycles. The summed E-state index contributed by atoms with van der Waals surface area (Å²) in [5, 5.41) is 5.29. The van der Waals surface area contributed by atoms with Gasteiger partial charge in [-0.15, -0.1) is 5.54 Å². The maximum absolute atomic E-state index is 5.43. The second-order valence-corrected chi connectivity index (χ2v) is 11.2. The normalized spacial score (nSPS) is 15.7. The van der Waals surface area contributed by atoms with Crippen molar-refractivity contribution in [2.24, 2.45) is 7.05 Å². The van der Waals surface area contributed by atoms with E-state index in [1.807, 2.05) is 13.2 Å². The molecule has 1 aliphatic rings. The van der Waals surface area contributed by atoms with Gasteiger partial charge in [0, 0.05) is 20.1 Å². The molecule has 0 aromatic carbocycles. The molecule has 2 aromatic rings. The number of ether oxygens (including phenoxy) is 1. The molecular formula is C15H21N5OSi. The fourth-order valence-corrected chi connectivity index (χ4v) is 2.81. The first kappa shape index (κ1) is 15.0. The molecule has 3 heterocycles. The van der Waals surface area contributed by atoms with Crippen molar-refractivity contribution >= 4 is 24.9 Å². The molecule has 7 heteroatoms. The molecule has 0 N–H and O–H groups in total. The van der Waals surface area contributed by atoms with Crippen molar-refractivity contribution in [1.82, 2.24) is 19.7 Å². The van der Waals surface area contributed by atoms with E-state index in [2.05, 4.69) is 46.1 Å². The molecule has 116 valence electrons. The third-order valence-corrected chi connectivity index (χ3v) is 4.31. The van der Waals surface area contributed by atoms with Crippen LogP contribution < -0.4 is 4.90 Å². The Morgan fingerprint density at radius 3 is 2.59 bits per heavy atom. The van der Waals surface area contributed by atoms with Gasteiger partial charge in [-0.3, -0.25) is 4.68 Å². The minimum Gasteiger partial charge on any atom is -0.378 e. The van der Waals surface area contributed by atoms with Gasteiger partial charge in [-0.1, -0.05) is 19.6 Å². The van der Waals surface area contributed by atoms with Crippen LogP contribution in [0.5, 0.6) is 0 Å². The zero-order chi connectivity index (χ0) is 15.7. The highest BCUT2D eigenvalue weighted by atomic mass is 28.3. The lowest BCUT2D eigenvalue weighted by molar-refractivity contribution is 0.122. The minimum absolute atomic E-state index is 0.583. The highest BCUT2D eigenvalue weighted by molar-refractivity contribution is 6.83. The lowest BCUT2D eigenvalue weighted by Gasteiger charge is -2.28. The van der Waals surface area contributed by atoms with Gasteiger partial charge in [-0.25, -0.2) is 9.97 Å². The molecule has 0 bridgehead atoms. The van der Waals surface area contributed by atoms with E-state index < -0.39 is 8.07 Å². The zero-order valence-electron chi connectivity index (χ0n) is 13.6. The van der Waals surface area contributed by atoms with Gasteiger partial charge in [0.25, 0.3) is 0 Å². The number of anilines is 1. The van der Waals surface area contributed by atoms with Gasteiger partial charge in [0.05, 0.1) is 24.8 Å². The Hall–Kier alpha value is -1.91. The first-order valence-corrected chi connectivity index (χ1v) is 11.0. The summed E-state index contributed by atoms with van der Waals surface area (Å²) in [5.74, 6) is 4.66. The van der Waals surface area contributed by atoms with E-state index in [9.17, 15) is 0 Å². The van der Waals surface area contributed by atoms with Crippen LogP contribution in [0.4, 0.5) is 5.82 Å². The molecule has 0 spiro atoms. The number of aryl methyl sites for hydroxylation is 1. The van der Waals surface area contributed by atoms with Crippen LogP contribution in [0.1, 0.15) is 5.82 Å². The topological polar surface area (TPSA) is 56.1 Å². The van der Waals surface area contributed by atoms with Crippen molar-refractivity contribution in [2.75, 3.05) is 31.2 Å². The number of aromatic nitrogens is 4. The Balaban J connectivity index is 2.10. The summed E-state index contributed by atoms with van der Waals surface area (Å²) in [6.45, 7) is 9.76. The lowest BCUT2D eigenvalue weighted by Crippen LogP contribution is -2.37. The molecule has 1 aliphatic heterocycles. The van der Waals surface area contributed by atoms with E-state index in [1.165, 1.54) is 0 Å². The maximum atomic E-state index is 5.43. The molecule has 22 heavy (non-hydrogen) atoms. The van der Waals surface area contributed by atoms with Crippen LogP contribution in [0.15, 0.2) is 6.20 Å². The molecule has 1 saturated heterocycles. The fraction of sp³-hybridized carbons (Fsp3) is 0.533. The fourth-order valence-electron chi connectivity index (χ4n) is 2.32. The van der Waals surface area contributed by atoms with E-state index >= 15 is 0 Å². The lowest BCUT2D eigenvalue weighted by atomic mass is 10.3. The van der Waals surface area contributed by atoms with Crippen LogP contribution >= 0.6 is 0 Å². The van der Waals surface area contributed by atoms with Crippen molar-refractivity contribution in [3.8, 4) is 11.5 Å². The first-order valence-electron chi connectivity index (χ1n) is 7.50. The van der Waals surface area contributed by atoms with E-state index in [4.69, 9.17) is 9.72 Å². The van der Waals surface area contributed by atoms with Crippen molar-refractivity contribution in [3.05, 3.63) is 12.0 Å². The third kappa shape index (κ3) is 3.13. The number of fused-ring (bicyclic) bond motifs is 1. The van der Waals surface area contributed by atoms with Gasteiger partial charge in [0.1, 0.15) is 13.9 Å². The Bertz CT molecular complexity index is 747. The van der Waals surface area contributed by atoms with E-state index in [-0.39, 0.29) is 0 Å². The predicted molar refractivity (Wildman–Crippen MR) is 89.6 cm³/mol. The first-order chi connectivity index (χ1) is 10.4. The minimum atomic E-state index is -1.46. The molecule has 0 amide bonds. The zero-order valence-corrected chi connectivity index (χ0v) is 14.6. The molecule has 0 aliphatic carbocycles. The monoisotopic (exact) mass is 315 g/mol. The molecule has 0 saturated carbocycles. The number of morpholine rings is 1. The summed E-state index contributed by atoms with van der Waals surface area (Å²) in [7, 11) is 0.438. The van der Waals surface area contributed by atoms with Crippen LogP contribution in [0.3, 0.4) is 0 Å². The second-order valence-electron chi connectivity index (χ2n) is 6.48. The summed E-state index contributed by atoms with van der Waals surface area (Å²) in [4.78, 5) is 11.5. The number of hydrogen-bond donors (Lipinski definition) is 0. The number of rotatable bonds is 1. The van der Waals surface area contributed by atoms with Gasteiger partial charge < -0.3 is 9.64 Å². The molecule has 0 unspecified atom stereocenters. The Labute approximate surface area is 131 Å². The quantitative estimate of drug-likeness (QED) is 0.588. The van der Waals surface area contributed by atoms with E-state index in [1.54, 1.807) is 4.68 Å². The van der Waals surface area contributed by atoms with Crippen LogP contribution in [-0.4, -0.2) is 54.1 Å². The summed E-state index contributed by atoms with van der Waals surface area (Å²) < 4.78 is 7.21. The highest BCUT2D eigenvalue weighted by Crippen LogP contribution is 2.24. The molecular weight excluding hydrogens is 294 g/mol. The van der Waals surface area contributed by atoms with Crippen LogP contribution in [0.2, 0.25) is 19.6 Å². The largest absolute Gasteiger partial charge is 0.378 e. The standard InChI is InChI=1S/C15H21N5OSi/c1-19-14-12(11-16-19)15(20-6-8-21-9-7-20)18-13(17-14)5-10-22(2,3)4/h11H,6-9H2,1-4H3. The predicted octanol–water partition coefficient (Wildman–Crippen LogP) is 1.43. The summed E-state index contributed by atoms with van der Waals surface area (Å²) in [6.07, 6.45) is 1.83. The van der Waals surface area contributed by atoms with Crippen molar-refractivity contribution in [1.29, 1.82) is 0 Å². The van der Waals surface area contributed by atoms with Crippen LogP contribution in [-0.2, 0) is 11.8 Å². The Morgan fingerprint density at radius 1 is 1.18 bits per heavy atom. The summed E-state index contributed by atoms with van der Waals surface area (Å²) >= 11 is 0. The third-order valence-electron chi connectivity index (χ3n) is 3.43. The van der Waals surface area contributed by atoms with E-state index in [0.29, 0.717) is 5.82 Å². The Kier molecular flexibility index (Phi) is 3.89.